The second-order valence-electron chi connectivity index (χ2n) is 3.81. The molecule has 84 valence electrons. The molecule has 1 aromatic rings. The number of carboxylic acid groups (broad SMARTS) is 1. The van der Waals surface area contributed by atoms with Crippen LogP contribution in [-0.2, 0) is 11.3 Å². The number of aromatic nitrogens is 1. The Bertz CT molecular complexity index is 283. The SMILES string of the molecule is CN(CCCCC(=O)O)Cc1cc[nH]c1. The van der Waals surface area contributed by atoms with Gasteiger partial charge in [-0.15, -0.1) is 0 Å². The van der Waals surface area contributed by atoms with Crippen LogP contribution in [0.5, 0.6) is 0 Å². The molecule has 0 unspecified atom stereocenters. The lowest BCUT2D eigenvalue weighted by atomic mass is 10.2. The van der Waals surface area contributed by atoms with Crippen molar-refractivity contribution in [1.82, 2.24) is 9.88 Å². The second-order valence-corrected chi connectivity index (χ2v) is 3.81. The first-order valence-corrected chi connectivity index (χ1v) is 5.20. The van der Waals surface area contributed by atoms with Crippen molar-refractivity contribution in [3.63, 3.8) is 0 Å². The molecule has 0 spiro atoms. The Balaban J connectivity index is 2.08. The molecule has 0 radical (unpaired) electrons. The van der Waals surface area contributed by atoms with Crippen molar-refractivity contribution < 1.29 is 9.90 Å². The fourth-order valence-electron chi connectivity index (χ4n) is 1.51. The summed E-state index contributed by atoms with van der Waals surface area (Å²) in [5.74, 6) is -0.705. The molecule has 1 rings (SSSR count). The normalized spacial score (nSPS) is 10.8. The summed E-state index contributed by atoms with van der Waals surface area (Å²) in [6.45, 7) is 1.86. The minimum atomic E-state index is -0.705. The third kappa shape index (κ3) is 5.22. The highest BCUT2D eigenvalue weighted by Crippen LogP contribution is 2.03. The third-order valence-corrected chi connectivity index (χ3v) is 2.30. The number of aromatic amines is 1. The maximum atomic E-state index is 10.3. The van der Waals surface area contributed by atoms with E-state index in [1.165, 1.54) is 5.56 Å². The van der Waals surface area contributed by atoms with Crippen molar-refractivity contribution in [2.24, 2.45) is 0 Å². The van der Waals surface area contributed by atoms with E-state index in [0.717, 1.165) is 25.9 Å². The maximum absolute atomic E-state index is 10.3. The summed E-state index contributed by atoms with van der Waals surface area (Å²) in [4.78, 5) is 15.5. The molecule has 0 saturated heterocycles. The minimum Gasteiger partial charge on any atom is -0.481 e. The molecular formula is C11H18N2O2. The van der Waals surface area contributed by atoms with E-state index >= 15 is 0 Å². The first kappa shape index (κ1) is 11.8. The number of H-pyrrole nitrogens is 1. The third-order valence-electron chi connectivity index (χ3n) is 2.30. The molecule has 1 aromatic heterocycles. The lowest BCUT2D eigenvalue weighted by molar-refractivity contribution is -0.137. The molecule has 4 heteroatoms. The average molecular weight is 210 g/mol. The lowest BCUT2D eigenvalue weighted by Gasteiger charge is -2.14. The Hall–Kier alpha value is -1.29. The summed E-state index contributed by atoms with van der Waals surface area (Å²) < 4.78 is 0. The standard InChI is InChI=1S/C11H18N2O2/c1-13(7-3-2-4-11(14)15)9-10-5-6-12-8-10/h5-6,8,12H,2-4,7,9H2,1H3,(H,14,15). The van der Waals surface area contributed by atoms with Gasteiger partial charge in [-0.05, 0) is 38.1 Å². The predicted octanol–water partition coefficient (Wildman–Crippen LogP) is 1.70. The lowest BCUT2D eigenvalue weighted by Crippen LogP contribution is -2.18. The van der Waals surface area contributed by atoms with Gasteiger partial charge in [0.05, 0.1) is 0 Å². The number of aliphatic carboxylic acids is 1. The number of hydrogen-bond acceptors (Lipinski definition) is 2. The fourth-order valence-corrected chi connectivity index (χ4v) is 1.51. The highest BCUT2D eigenvalue weighted by atomic mass is 16.4. The molecule has 0 aliphatic rings. The fraction of sp³-hybridized carbons (Fsp3) is 0.545. The maximum Gasteiger partial charge on any atom is 0.303 e. The van der Waals surface area contributed by atoms with E-state index in [4.69, 9.17) is 5.11 Å². The molecule has 0 aliphatic heterocycles. The molecule has 0 fully saturated rings. The number of carbonyl (C=O) groups is 1. The van der Waals surface area contributed by atoms with Crippen molar-refractivity contribution in [1.29, 1.82) is 0 Å². The summed E-state index contributed by atoms with van der Waals surface area (Å²) in [6, 6.07) is 2.05. The topological polar surface area (TPSA) is 56.3 Å². The van der Waals surface area contributed by atoms with E-state index in [-0.39, 0.29) is 6.42 Å². The molecule has 0 amide bonds. The molecule has 2 N–H and O–H groups in total. The van der Waals surface area contributed by atoms with Gasteiger partial charge in [-0.3, -0.25) is 4.79 Å². The van der Waals surface area contributed by atoms with Crippen molar-refractivity contribution in [3.05, 3.63) is 24.0 Å². The van der Waals surface area contributed by atoms with Gasteiger partial charge in [0.1, 0.15) is 0 Å². The van der Waals surface area contributed by atoms with Crippen LogP contribution < -0.4 is 0 Å². The molecule has 0 bridgehead atoms. The van der Waals surface area contributed by atoms with E-state index in [9.17, 15) is 4.79 Å². The summed E-state index contributed by atoms with van der Waals surface area (Å²) in [5, 5.41) is 8.47. The van der Waals surface area contributed by atoms with Crippen LogP contribution in [0.3, 0.4) is 0 Å². The zero-order chi connectivity index (χ0) is 11.1. The largest absolute Gasteiger partial charge is 0.481 e. The van der Waals surface area contributed by atoms with Crippen LogP contribution in [0, 0.1) is 0 Å². The van der Waals surface area contributed by atoms with Crippen LogP contribution in [0.4, 0.5) is 0 Å². The number of rotatable bonds is 7. The number of hydrogen-bond donors (Lipinski definition) is 2. The smallest absolute Gasteiger partial charge is 0.303 e. The van der Waals surface area contributed by atoms with Crippen molar-refractivity contribution in [2.75, 3.05) is 13.6 Å². The molecule has 4 nitrogen and oxygen atoms in total. The molecule has 0 aromatic carbocycles. The van der Waals surface area contributed by atoms with Gasteiger partial charge in [0.15, 0.2) is 0 Å². The van der Waals surface area contributed by atoms with Crippen LogP contribution >= 0.6 is 0 Å². The quantitative estimate of drug-likeness (QED) is 0.673. The van der Waals surface area contributed by atoms with Crippen molar-refractivity contribution >= 4 is 5.97 Å². The Morgan fingerprint density at radius 1 is 1.53 bits per heavy atom. The summed E-state index contributed by atoms with van der Waals surface area (Å²) in [5.41, 5.74) is 1.26. The van der Waals surface area contributed by atoms with Gasteiger partial charge in [0, 0.05) is 25.4 Å². The van der Waals surface area contributed by atoms with Crippen molar-refractivity contribution in [3.8, 4) is 0 Å². The number of nitrogens with one attached hydrogen (secondary N) is 1. The number of nitrogens with zero attached hydrogens (tertiary/aromatic N) is 1. The Morgan fingerprint density at radius 3 is 2.93 bits per heavy atom. The Labute approximate surface area is 89.9 Å². The minimum absolute atomic E-state index is 0.276. The van der Waals surface area contributed by atoms with E-state index in [0.29, 0.717) is 0 Å². The van der Waals surface area contributed by atoms with Crippen molar-refractivity contribution in [2.45, 2.75) is 25.8 Å². The molecule has 0 aliphatic carbocycles. The molecule has 15 heavy (non-hydrogen) atoms. The number of carboxylic acids is 1. The second kappa shape index (κ2) is 6.24. The van der Waals surface area contributed by atoms with Gasteiger partial charge < -0.3 is 15.0 Å². The molecule has 1 heterocycles. The van der Waals surface area contributed by atoms with E-state index < -0.39 is 5.97 Å². The molecule has 0 saturated carbocycles. The van der Waals surface area contributed by atoms with Gasteiger partial charge in [-0.25, -0.2) is 0 Å². The summed E-state index contributed by atoms with van der Waals surface area (Å²) in [6.07, 6.45) is 5.86. The van der Waals surface area contributed by atoms with Crippen LogP contribution in [0.15, 0.2) is 18.5 Å². The van der Waals surface area contributed by atoms with Gasteiger partial charge in [0.2, 0.25) is 0 Å². The first-order valence-electron chi connectivity index (χ1n) is 5.20. The monoisotopic (exact) mass is 210 g/mol. The van der Waals surface area contributed by atoms with Gasteiger partial charge in [-0.1, -0.05) is 0 Å². The van der Waals surface area contributed by atoms with Gasteiger partial charge >= 0.3 is 5.97 Å². The summed E-state index contributed by atoms with van der Waals surface area (Å²) >= 11 is 0. The van der Waals surface area contributed by atoms with Gasteiger partial charge in [0.25, 0.3) is 0 Å². The Kier molecular flexibility index (Phi) is 4.90. The molecular weight excluding hydrogens is 192 g/mol. The average Bonchev–Trinajstić information content (AvgIpc) is 2.64. The van der Waals surface area contributed by atoms with Crippen LogP contribution in [0.2, 0.25) is 0 Å². The van der Waals surface area contributed by atoms with Crippen LogP contribution in [-0.4, -0.2) is 34.6 Å². The Morgan fingerprint density at radius 2 is 2.33 bits per heavy atom. The zero-order valence-corrected chi connectivity index (χ0v) is 9.07. The predicted molar refractivity (Wildman–Crippen MR) is 58.6 cm³/mol. The number of unbranched alkanes of at least 4 members (excludes halogenated alkanes) is 1. The van der Waals surface area contributed by atoms with Crippen LogP contribution in [0.25, 0.3) is 0 Å². The van der Waals surface area contributed by atoms with Crippen LogP contribution in [0.1, 0.15) is 24.8 Å². The highest BCUT2D eigenvalue weighted by molar-refractivity contribution is 5.66. The van der Waals surface area contributed by atoms with E-state index in [2.05, 4.69) is 9.88 Å². The first-order chi connectivity index (χ1) is 7.18. The van der Waals surface area contributed by atoms with E-state index in [1.807, 2.05) is 25.5 Å². The summed E-state index contributed by atoms with van der Waals surface area (Å²) in [7, 11) is 2.05. The zero-order valence-electron chi connectivity index (χ0n) is 9.07. The van der Waals surface area contributed by atoms with E-state index in [1.54, 1.807) is 0 Å². The molecule has 0 atom stereocenters. The van der Waals surface area contributed by atoms with Gasteiger partial charge in [-0.2, -0.15) is 0 Å². The highest BCUT2D eigenvalue weighted by Gasteiger charge is 2.01.